The van der Waals surface area contributed by atoms with Crippen LogP contribution in [-0.2, 0) is 16.5 Å². The molecule has 0 aliphatic carbocycles. The average molecular weight is 528 g/mol. The Morgan fingerprint density at radius 3 is 2.16 bits per heavy atom. The van der Waals surface area contributed by atoms with Gasteiger partial charge >= 0.3 is 12.1 Å². The number of carboxylic acids is 1. The van der Waals surface area contributed by atoms with Gasteiger partial charge in [0.05, 0.1) is 11.7 Å². The minimum atomic E-state index is -4.56. The van der Waals surface area contributed by atoms with Crippen LogP contribution in [0.5, 0.6) is 17.4 Å². The first-order valence-electron chi connectivity index (χ1n) is 11.3. The highest BCUT2D eigenvalue weighted by Crippen LogP contribution is 2.38. The molecule has 2 heterocycles. The van der Waals surface area contributed by atoms with Crippen LogP contribution in [0.3, 0.4) is 0 Å². The molecule has 198 valence electrons. The summed E-state index contributed by atoms with van der Waals surface area (Å²) in [6.45, 7) is 3.69. The smallest absolute Gasteiger partial charge is 0.417 e. The van der Waals surface area contributed by atoms with Crippen LogP contribution in [0.2, 0.25) is 0 Å². The van der Waals surface area contributed by atoms with Gasteiger partial charge in [0.2, 0.25) is 11.8 Å². The largest absolute Gasteiger partial charge is 0.491 e. The maximum atomic E-state index is 12.8. The van der Waals surface area contributed by atoms with Crippen molar-refractivity contribution < 1.29 is 37.3 Å². The lowest BCUT2D eigenvalue weighted by Crippen LogP contribution is -2.50. The van der Waals surface area contributed by atoms with Crippen LogP contribution < -0.4 is 20.9 Å². The van der Waals surface area contributed by atoms with Crippen LogP contribution in [0.15, 0.2) is 60.8 Å². The Morgan fingerprint density at radius 2 is 1.63 bits per heavy atom. The molecule has 0 radical (unpaired) electrons. The number of amides is 1. The van der Waals surface area contributed by atoms with Gasteiger partial charge in [-0.15, -0.1) is 0 Å². The van der Waals surface area contributed by atoms with Crippen molar-refractivity contribution in [3.05, 3.63) is 83.2 Å². The number of carbonyl (C=O) groups is 2. The summed E-state index contributed by atoms with van der Waals surface area (Å²) in [6, 6.07) is 12.4. The number of H-pyrrole nitrogens is 1. The van der Waals surface area contributed by atoms with Gasteiger partial charge < -0.3 is 31.0 Å². The molecule has 0 aliphatic heterocycles. The Kier molecular flexibility index (Phi) is 6.77. The van der Waals surface area contributed by atoms with Crippen molar-refractivity contribution in [3.63, 3.8) is 0 Å². The first-order chi connectivity index (χ1) is 17.8. The number of ether oxygens (including phenoxy) is 2. The van der Waals surface area contributed by atoms with Crippen LogP contribution in [0.25, 0.3) is 10.9 Å². The first-order valence-corrected chi connectivity index (χ1v) is 11.3. The summed E-state index contributed by atoms with van der Waals surface area (Å²) in [5, 5.41) is 10.1. The van der Waals surface area contributed by atoms with Crippen molar-refractivity contribution >= 4 is 22.8 Å². The lowest BCUT2D eigenvalue weighted by atomic mass is 9.81. The zero-order valence-electron chi connectivity index (χ0n) is 20.2. The molecule has 4 rings (SSSR count). The van der Waals surface area contributed by atoms with E-state index in [1.807, 2.05) is 13.8 Å². The van der Waals surface area contributed by atoms with Crippen molar-refractivity contribution in [1.82, 2.24) is 9.97 Å². The number of nitrogens with zero attached hydrogens (tertiary/aromatic N) is 1. The molecule has 38 heavy (non-hydrogen) atoms. The van der Waals surface area contributed by atoms with E-state index in [2.05, 4.69) is 9.97 Å². The highest BCUT2D eigenvalue weighted by Gasteiger charge is 2.42. The third-order valence-electron chi connectivity index (χ3n) is 5.73. The van der Waals surface area contributed by atoms with Gasteiger partial charge in [-0.1, -0.05) is 12.1 Å². The molecule has 9 nitrogen and oxygen atoms in total. The fourth-order valence-electron chi connectivity index (χ4n) is 4.01. The van der Waals surface area contributed by atoms with Gasteiger partial charge in [0.1, 0.15) is 22.7 Å². The van der Waals surface area contributed by atoms with E-state index in [1.54, 1.807) is 12.1 Å². The molecule has 0 saturated heterocycles. The number of rotatable bonds is 8. The predicted molar refractivity (Wildman–Crippen MR) is 131 cm³/mol. The quantitative estimate of drug-likeness (QED) is 0.262. The normalized spacial score (nSPS) is 13.3. The maximum Gasteiger partial charge on any atom is 0.417 e. The number of aromatic nitrogens is 2. The number of alkyl halides is 3. The fraction of sp³-hybridized carbons (Fsp3) is 0.192. The molecule has 6 N–H and O–H groups in total. The number of fused-ring (bicyclic) bond motifs is 1. The topological polar surface area (TPSA) is 154 Å². The minimum absolute atomic E-state index is 0.106. The number of carboxylic acid groups (broad SMARTS) is 1. The number of hydrogen-bond donors (Lipinski definition) is 4. The zero-order valence-corrected chi connectivity index (χ0v) is 20.2. The number of aromatic amines is 1. The molecule has 0 fully saturated rings. The van der Waals surface area contributed by atoms with Crippen LogP contribution >= 0.6 is 0 Å². The van der Waals surface area contributed by atoms with Crippen LogP contribution in [0.1, 0.15) is 41.0 Å². The van der Waals surface area contributed by atoms with Gasteiger partial charge in [0, 0.05) is 28.7 Å². The Labute approximate surface area is 214 Å². The summed E-state index contributed by atoms with van der Waals surface area (Å²) in [7, 11) is 0. The number of benzene rings is 2. The molecule has 12 heteroatoms. The van der Waals surface area contributed by atoms with E-state index >= 15 is 0 Å². The molecular weight excluding hydrogens is 505 g/mol. The maximum absolute atomic E-state index is 12.8. The first kappa shape index (κ1) is 26.5. The third-order valence-corrected chi connectivity index (χ3v) is 5.73. The Hall–Kier alpha value is -4.58. The second-order valence-electron chi connectivity index (χ2n) is 8.74. The number of nitrogens with one attached hydrogen (secondary N) is 1. The van der Waals surface area contributed by atoms with E-state index in [1.165, 1.54) is 30.3 Å². The lowest BCUT2D eigenvalue weighted by molar-refractivity contribution is -0.137. The van der Waals surface area contributed by atoms with Gasteiger partial charge in [-0.05, 0) is 55.8 Å². The molecule has 0 spiro atoms. The standard InChI is InChI=1S/C26H23F3N4O5/c1-13(2)37-16-6-3-14(4-7-16)25(31,24(30)36)21-18-11-17(8-9-19(18)33-22(21)23(34)35)38-20-10-5-15(12-32-20)26(27,28)29/h3-13,33H,31H2,1-2H3,(H2,30,36)(H,34,35). The second kappa shape index (κ2) is 9.71. The monoisotopic (exact) mass is 528 g/mol. The summed E-state index contributed by atoms with van der Waals surface area (Å²) in [5.74, 6) is -1.93. The minimum Gasteiger partial charge on any atom is -0.491 e. The molecule has 2 aromatic heterocycles. The van der Waals surface area contributed by atoms with E-state index in [0.29, 0.717) is 17.5 Å². The molecule has 1 amide bonds. The number of primary amides is 1. The van der Waals surface area contributed by atoms with Crippen LogP contribution in [-0.4, -0.2) is 33.1 Å². The highest BCUT2D eigenvalue weighted by molar-refractivity contribution is 6.04. The molecule has 2 aromatic carbocycles. The third kappa shape index (κ3) is 4.98. The predicted octanol–water partition coefficient (Wildman–Crippen LogP) is 4.55. The number of aromatic carboxylic acids is 1. The van der Waals surface area contributed by atoms with Crippen molar-refractivity contribution in [2.75, 3.05) is 0 Å². The molecule has 1 atom stereocenters. The van der Waals surface area contributed by atoms with Gasteiger partial charge in [-0.2, -0.15) is 13.2 Å². The van der Waals surface area contributed by atoms with E-state index in [-0.39, 0.29) is 39.9 Å². The van der Waals surface area contributed by atoms with Gasteiger partial charge in [0.25, 0.3) is 0 Å². The van der Waals surface area contributed by atoms with Gasteiger partial charge in [-0.25, -0.2) is 9.78 Å². The van der Waals surface area contributed by atoms with Crippen LogP contribution in [0.4, 0.5) is 13.2 Å². The Balaban J connectivity index is 1.82. The van der Waals surface area contributed by atoms with Crippen molar-refractivity contribution in [1.29, 1.82) is 0 Å². The number of carbonyl (C=O) groups excluding carboxylic acids is 1. The molecule has 0 saturated carbocycles. The molecule has 0 bridgehead atoms. The van der Waals surface area contributed by atoms with Crippen LogP contribution in [0, 0.1) is 0 Å². The summed E-state index contributed by atoms with van der Waals surface area (Å²) >= 11 is 0. The van der Waals surface area contributed by atoms with Crippen molar-refractivity contribution in [2.45, 2.75) is 31.7 Å². The van der Waals surface area contributed by atoms with E-state index in [9.17, 15) is 27.9 Å². The number of hydrogen-bond acceptors (Lipinski definition) is 6. The summed E-state index contributed by atoms with van der Waals surface area (Å²) in [6.07, 6.45) is -4.04. The van der Waals surface area contributed by atoms with Crippen molar-refractivity contribution in [2.24, 2.45) is 11.5 Å². The highest BCUT2D eigenvalue weighted by atomic mass is 19.4. The summed E-state index contributed by atoms with van der Waals surface area (Å²) in [5.41, 5.74) is 9.33. The van der Waals surface area contributed by atoms with E-state index < -0.39 is 29.2 Å². The molecule has 1 unspecified atom stereocenters. The summed E-state index contributed by atoms with van der Waals surface area (Å²) in [4.78, 5) is 31.4. The Morgan fingerprint density at radius 1 is 1.00 bits per heavy atom. The Bertz CT molecular complexity index is 1500. The average Bonchev–Trinajstić information content (AvgIpc) is 3.23. The zero-order chi connectivity index (χ0) is 27.8. The van der Waals surface area contributed by atoms with E-state index in [4.69, 9.17) is 20.9 Å². The fourth-order valence-corrected chi connectivity index (χ4v) is 4.01. The van der Waals surface area contributed by atoms with E-state index in [0.717, 1.165) is 12.1 Å². The van der Waals surface area contributed by atoms with Gasteiger partial charge in [0.15, 0.2) is 0 Å². The number of nitrogens with two attached hydrogens (primary N) is 2. The number of halogens is 3. The lowest BCUT2D eigenvalue weighted by Gasteiger charge is -2.27. The number of pyridine rings is 1. The molecular formula is C26H23F3N4O5. The summed E-state index contributed by atoms with van der Waals surface area (Å²) < 4.78 is 49.7. The molecule has 0 aliphatic rings. The SMILES string of the molecule is CC(C)Oc1ccc(C(N)(C(N)=O)c2c(C(=O)O)[nH]c3ccc(Oc4ccc(C(F)(F)F)cn4)cc23)cc1. The van der Waals surface area contributed by atoms with Crippen molar-refractivity contribution in [3.8, 4) is 17.4 Å². The van der Waals surface area contributed by atoms with Gasteiger partial charge in [-0.3, -0.25) is 4.79 Å². The molecule has 4 aromatic rings. The second-order valence-corrected chi connectivity index (χ2v) is 8.74.